The quantitative estimate of drug-likeness (QED) is 0.801. The van der Waals surface area contributed by atoms with Crippen LogP contribution in [0, 0.1) is 19.8 Å². The fourth-order valence-electron chi connectivity index (χ4n) is 2.91. The summed E-state index contributed by atoms with van der Waals surface area (Å²) in [6.45, 7) is 8.34. The van der Waals surface area contributed by atoms with Gasteiger partial charge >= 0.3 is 0 Å². The first-order chi connectivity index (χ1) is 10.0. The predicted molar refractivity (Wildman–Crippen MR) is 85.9 cm³/mol. The Morgan fingerprint density at radius 3 is 2.67 bits per heavy atom. The number of rotatable bonds is 7. The average Bonchev–Trinajstić information content (AvgIpc) is 2.81. The molecule has 1 saturated heterocycles. The van der Waals surface area contributed by atoms with Crippen LogP contribution in [0.1, 0.15) is 17.5 Å². The lowest BCUT2D eigenvalue weighted by Gasteiger charge is -2.16. The Hall–Kier alpha value is -1.10. The Labute approximate surface area is 128 Å². The number of nitrogens with zero attached hydrogens (tertiary/aromatic N) is 1. The lowest BCUT2D eigenvalue weighted by atomic mass is 10.1. The van der Waals surface area contributed by atoms with E-state index in [-0.39, 0.29) is 0 Å². The van der Waals surface area contributed by atoms with Crippen molar-refractivity contribution < 1.29 is 9.84 Å². The van der Waals surface area contributed by atoms with Crippen LogP contribution in [0.15, 0.2) is 18.2 Å². The smallest absolute Gasteiger partial charge is 0.119 e. The number of aryl methyl sites for hydroxylation is 2. The Bertz CT molecular complexity index is 430. The Morgan fingerprint density at radius 1 is 1.33 bits per heavy atom. The van der Waals surface area contributed by atoms with Gasteiger partial charge in [0.25, 0.3) is 0 Å². The topological polar surface area (TPSA) is 44.7 Å². The standard InChI is InChI=1S/C17H28N2O2/c1-13-6-14(2)8-17(7-13)21-12-16(20)10-18-9-15-4-5-19(3)11-15/h6-8,15-16,18,20H,4-5,9-12H2,1-3H3. The molecule has 2 N–H and O–H groups in total. The van der Waals surface area contributed by atoms with Crippen LogP contribution in [-0.4, -0.2) is 55.9 Å². The number of hydrogen-bond donors (Lipinski definition) is 2. The van der Waals surface area contributed by atoms with Crippen molar-refractivity contribution in [3.05, 3.63) is 29.3 Å². The molecule has 0 aromatic heterocycles. The van der Waals surface area contributed by atoms with Gasteiger partial charge in [-0.3, -0.25) is 0 Å². The van der Waals surface area contributed by atoms with E-state index in [0.717, 1.165) is 18.8 Å². The summed E-state index contributed by atoms with van der Waals surface area (Å²) in [5.74, 6) is 1.55. The molecule has 1 aliphatic heterocycles. The molecule has 21 heavy (non-hydrogen) atoms. The highest BCUT2D eigenvalue weighted by Gasteiger charge is 2.19. The van der Waals surface area contributed by atoms with E-state index in [4.69, 9.17) is 4.74 Å². The fourth-order valence-corrected chi connectivity index (χ4v) is 2.91. The second kappa shape index (κ2) is 7.78. The van der Waals surface area contributed by atoms with Crippen LogP contribution >= 0.6 is 0 Å². The van der Waals surface area contributed by atoms with Gasteiger partial charge in [0.15, 0.2) is 0 Å². The lowest BCUT2D eigenvalue weighted by molar-refractivity contribution is 0.105. The van der Waals surface area contributed by atoms with Gasteiger partial charge in [0, 0.05) is 13.1 Å². The summed E-state index contributed by atoms with van der Waals surface area (Å²) in [7, 11) is 2.16. The van der Waals surface area contributed by atoms with E-state index in [2.05, 4.69) is 37.2 Å². The average molecular weight is 292 g/mol. The minimum absolute atomic E-state index is 0.334. The van der Waals surface area contributed by atoms with Crippen molar-refractivity contribution in [3.8, 4) is 5.75 Å². The molecule has 2 atom stereocenters. The maximum atomic E-state index is 9.98. The number of likely N-dealkylation sites (tertiary alicyclic amines) is 1. The molecular weight excluding hydrogens is 264 g/mol. The first-order valence-corrected chi connectivity index (χ1v) is 7.81. The highest BCUT2D eigenvalue weighted by Crippen LogP contribution is 2.16. The van der Waals surface area contributed by atoms with E-state index < -0.39 is 6.10 Å². The van der Waals surface area contributed by atoms with Crippen LogP contribution in [0.5, 0.6) is 5.75 Å². The third-order valence-electron chi connectivity index (χ3n) is 3.94. The summed E-state index contributed by atoms with van der Waals surface area (Å²) in [6.07, 6.45) is 0.781. The molecule has 2 rings (SSSR count). The van der Waals surface area contributed by atoms with Gasteiger partial charge in [-0.1, -0.05) is 6.07 Å². The van der Waals surface area contributed by atoms with Crippen molar-refractivity contribution in [2.24, 2.45) is 5.92 Å². The highest BCUT2D eigenvalue weighted by molar-refractivity contribution is 5.32. The molecule has 1 heterocycles. The minimum atomic E-state index is -0.468. The summed E-state index contributed by atoms with van der Waals surface area (Å²) < 4.78 is 5.67. The molecule has 0 bridgehead atoms. The van der Waals surface area contributed by atoms with Gasteiger partial charge < -0.3 is 20.1 Å². The van der Waals surface area contributed by atoms with Crippen molar-refractivity contribution in [1.29, 1.82) is 0 Å². The summed E-state index contributed by atoms with van der Waals surface area (Å²) in [5.41, 5.74) is 2.37. The Balaban J connectivity index is 1.64. The van der Waals surface area contributed by atoms with E-state index >= 15 is 0 Å². The molecule has 1 aliphatic rings. The first-order valence-electron chi connectivity index (χ1n) is 7.81. The molecule has 4 nitrogen and oxygen atoms in total. The fraction of sp³-hybridized carbons (Fsp3) is 0.647. The van der Waals surface area contributed by atoms with Crippen LogP contribution in [0.3, 0.4) is 0 Å². The Kier molecular flexibility index (Phi) is 6.03. The molecule has 0 spiro atoms. The van der Waals surface area contributed by atoms with Crippen molar-refractivity contribution in [1.82, 2.24) is 10.2 Å². The monoisotopic (exact) mass is 292 g/mol. The number of aliphatic hydroxyl groups is 1. The predicted octanol–water partition coefficient (Wildman–Crippen LogP) is 1.58. The van der Waals surface area contributed by atoms with E-state index in [0.29, 0.717) is 19.1 Å². The second-order valence-electron chi connectivity index (χ2n) is 6.36. The number of aliphatic hydroxyl groups excluding tert-OH is 1. The molecule has 0 saturated carbocycles. The van der Waals surface area contributed by atoms with Gasteiger partial charge in [-0.05, 0) is 69.6 Å². The maximum Gasteiger partial charge on any atom is 0.119 e. The molecule has 0 aliphatic carbocycles. The zero-order valence-corrected chi connectivity index (χ0v) is 13.4. The van der Waals surface area contributed by atoms with E-state index in [9.17, 15) is 5.11 Å². The van der Waals surface area contributed by atoms with Gasteiger partial charge in [-0.15, -0.1) is 0 Å². The number of hydrogen-bond acceptors (Lipinski definition) is 4. The van der Waals surface area contributed by atoms with Crippen LogP contribution < -0.4 is 10.1 Å². The van der Waals surface area contributed by atoms with Crippen LogP contribution in [0.25, 0.3) is 0 Å². The zero-order valence-electron chi connectivity index (χ0n) is 13.4. The molecule has 118 valence electrons. The summed E-state index contributed by atoms with van der Waals surface area (Å²) in [5, 5.41) is 13.3. The molecule has 4 heteroatoms. The van der Waals surface area contributed by atoms with Gasteiger partial charge in [-0.25, -0.2) is 0 Å². The molecule has 1 aromatic rings. The van der Waals surface area contributed by atoms with Crippen LogP contribution in [0.4, 0.5) is 0 Å². The summed E-state index contributed by atoms with van der Waals surface area (Å²) in [4.78, 5) is 2.35. The zero-order chi connectivity index (χ0) is 15.2. The lowest BCUT2D eigenvalue weighted by Crippen LogP contribution is -2.34. The van der Waals surface area contributed by atoms with Crippen LogP contribution in [-0.2, 0) is 0 Å². The molecule has 1 aromatic carbocycles. The number of nitrogens with one attached hydrogen (secondary N) is 1. The summed E-state index contributed by atoms with van der Waals surface area (Å²) in [6, 6.07) is 6.12. The van der Waals surface area contributed by atoms with Gasteiger partial charge in [0.2, 0.25) is 0 Å². The summed E-state index contributed by atoms with van der Waals surface area (Å²) >= 11 is 0. The van der Waals surface area contributed by atoms with Crippen molar-refractivity contribution in [2.75, 3.05) is 39.8 Å². The molecular formula is C17H28N2O2. The van der Waals surface area contributed by atoms with Crippen molar-refractivity contribution in [3.63, 3.8) is 0 Å². The van der Waals surface area contributed by atoms with E-state index in [1.165, 1.54) is 24.1 Å². The third kappa shape index (κ3) is 5.65. The molecule has 0 amide bonds. The van der Waals surface area contributed by atoms with Crippen molar-refractivity contribution >= 4 is 0 Å². The minimum Gasteiger partial charge on any atom is -0.491 e. The molecule has 2 unspecified atom stereocenters. The van der Waals surface area contributed by atoms with Gasteiger partial charge in [0.05, 0.1) is 0 Å². The second-order valence-corrected chi connectivity index (χ2v) is 6.36. The largest absolute Gasteiger partial charge is 0.491 e. The number of ether oxygens (including phenoxy) is 1. The van der Waals surface area contributed by atoms with Gasteiger partial charge in [-0.2, -0.15) is 0 Å². The maximum absolute atomic E-state index is 9.98. The van der Waals surface area contributed by atoms with Gasteiger partial charge in [0.1, 0.15) is 18.5 Å². The highest BCUT2D eigenvalue weighted by atomic mass is 16.5. The van der Waals surface area contributed by atoms with Crippen LogP contribution in [0.2, 0.25) is 0 Å². The third-order valence-corrected chi connectivity index (χ3v) is 3.94. The SMILES string of the molecule is Cc1cc(C)cc(OCC(O)CNCC2CCN(C)C2)c1. The molecule has 0 radical (unpaired) electrons. The van der Waals surface area contributed by atoms with E-state index in [1.54, 1.807) is 0 Å². The van der Waals surface area contributed by atoms with Crippen molar-refractivity contribution in [2.45, 2.75) is 26.4 Å². The number of benzene rings is 1. The first kappa shape index (κ1) is 16.3. The Morgan fingerprint density at radius 2 is 2.05 bits per heavy atom. The molecule has 1 fully saturated rings. The normalized spacial score (nSPS) is 20.7. The van der Waals surface area contributed by atoms with E-state index in [1.807, 2.05) is 12.1 Å².